The Morgan fingerprint density at radius 1 is 0.955 bits per heavy atom. The standard InChI is InChI=1S/C20H30O2/c1-3-20(22)11-9-18-17-6-4-13-12-14(21)5-7-15(13)16(17)8-10-19(18,20)2/h1,13-18,21-22H,4-12H2,2H3/t13-,14+,15-,16+,17+,18-,19-,20+/m0/s1. The molecule has 122 valence electrons. The van der Waals surface area contributed by atoms with E-state index in [-0.39, 0.29) is 11.5 Å². The van der Waals surface area contributed by atoms with Gasteiger partial charge in [0, 0.05) is 5.41 Å². The van der Waals surface area contributed by atoms with E-state index in [2.05, 4.69) is 12.8 Å². The highest BCUT2D eigenvalue weighted by molar-refractivity contribution is 5.23. The first-order valence-electron chi connectivity index (χ1n) is 9.37. The Bertz CT molecular complexity index is 494. The molecule has 2 nitrogen and oxygen atoms in total. The highest BCUT2D eigenvalue weighted by Crippen LogP contribution is 2.65. The van der Waals surface area contributed by atoms with E-state index < -0.39 is 5.60 Å². The van der Waals surface area contributed by atoms with Crippen LogP contribution in [0.1, 0.15) is 64.7 Å². The van der Waals surface area contributed by atoms with Gasteiger partial charge in [0.25, 0.3) is 0 Å². The van der Waals surface area contributed by atoms with Crippen molar-refractivity contribution < 1.29 is 10.2 Å². The van der Waals surface area contributed by atoms with E-state index in [4.69, 9.17) is 6.42 Å². The van der Waals surface area contributed by atoms with E-state index in [1.54, 1.807) is 0 Å². The summed E-state index contributed by atoms with van der Waals surface area (Å²) in [7, 11) is 0. The predicted octanol–water partition coefficient (Wildman–Crippen LogP) is 3.36. The number of hydrogen-bond donors (Lipinski definition) is 2. The average Bonchev–Trinajstić information content (AvgIpc) is 2.79. The molecule has 0 unspecified atom stereocenters. The third-order valence-electron chi connectivity index (χ3n) is 8.32. The Balaban J connectivity index is 1.60. The van der Waals surface area contributed by atoms with Crippen molar-refractivity contribution in [2.45, 2.75) is 76.4 Å². The second kappa shape index (κ2) is 4.99. The molecule has 0 spiro atoms. The molecule has 4 fully saturated rings. The maximum atomic E-state index is 10.9. The number of rotatable bonds is 0. The predicted molar refractivity (Wildman–Crippen MR) is 86.9 cm³/mol. The van der Waals surface area contributed by atoms with Crippen LogP contribution in [-0.4, -0.2) is 21.9 Å². The lowest BCUT2D eigenvalue weighted by molar-refractivity contribution is -0.111. The van der Waals surface area contributed by atoms with Gasteiger partial charge in [-0.25, -0.2) is 0 Å². The molecule has 2 heteroatoms. The molecule has 4 rings (SSSR count). The van der Waals surface area contributed by atoms with Crippen LogP contribution in [0, 0.1) is 47.3 Å². The van der Waals surface area contributed by atoms with Crippen molar-refractivity contribution in [3.8, 4) is 12.3 Å². The Labute approximate surface area is 134 Å². The number of aliphatic hydroxyl groups excluding tert-OH is 1. The molecule has 0 aliphatic heterocycles. The summed E-state index contributed by atoms with van der Waals surface area (Å²) >= 11 is 0. The molecule has 2 N–H and O–H groups in total. The smallest absolute Gasteiger partial charge is 0.130 e. The van der Waals surface area contributed by atoms with Crippen molar-refractivity contribution in [1.82, 2.24) is 0 Å². The van der Waals surface area contributed by atoms with Crippen LogP contribution in [0.15, 0.2) is 0 Å². The van der Waals surface area contributed by atoms with Gasteiger partial charge in [0.1, 0.15) is 5.60 Å². The number of hydrogen-bond acceptors (Lipinski definition) is 2. The van der Waals surface area contributed by atoms with Gasteiger partial charge >= 0.3 is 0 Å². The van der Waals surface area contributed by atoms with Crippen LogP contribution in [0.4, 0.5) is 0 Å². The van der Waals surface area contributed by atoms with E-state index in [9.17, 15) is 10.2 Å². The highest BCUT2D eigenvalue weighted by Gasteiger charge is 2.62. The van der Waals surface area contributed by atoms with Gasteiger partial charge in [0.2, 0.25) is 0 Å². The zero-order chi connectivity index (χ0) is 15.5. The molecular weight excluding hydrogens is 272 g/mol. The van der Waals surface area contributed by atoms with Crippen LogP contribution >= 0.6 is 0 Å². The first-order chi connectivity index (χ1) is 10.5. The van der Waals surface area contributed by atoms with Crippen molar-refractivity contribution >= 4 is 0 Å². The van der Waals surface area contributed by atoms with Crippen LogP contribution in [0.2, 0.25) is 0 Å². The van der Waals surface area contributed by atoms with Crippen LogP contribution in [0.5, 0.6) is 0 Å². The molecule has 4 saturated carbocycles. The molecule has 0 aromatic heterocycles. The number of fused-ring (bicyclic) bond motifs is 5. The van der Waals surface area contributed by atoms with Gasteiger partial charge in [0.05, 0.1) is 6.10 Å². The summed E-state index contributed by atoms with van der Waals surface area (Å²) < 4.78 is 0. The van der Waals surface area contributed by atoms with Crippen molar-refractivity contribution in [3.63, 3.8) is 0 Å². The van der Waals surface area contributed by atoms with Crippen LogP contribution in [0.3, 0.4) is 0 Å². The molecule has 0 saturated heterocycles. The molecule has 4 aliphatic carbocycles. The van der Waals surface area contributed by atoms with E-state index in [0.29, 0.717) is 5.92 Å². The first kappa shape index (κ1) is 15.0. The minimum atomic E-state index is -0.873. The lowest BCUT2D eigenvalue weighted by atomic mass is 9.49. The molecular formula is C20H30O2. The van der Waals surface area contributed by atoms with Gasteiger partial charge in [-0.2, -0.15) is 0 Å². The minimum Gasteiger partial charge on any atom is -0.393 e. The molecule has 22 heavy (non-hydrogen) atoms. The summed E-state index contributed by atoms with van der Waals surface area (Å²) in [5.41, 5.74) is -0.938. The third-order valence-corrected chi connectivity index (χ3v) is 8.32. The fraction of sp³-hybridized carbons (Fsp3) is 0.900. The fourth-order valence-corrected chi connectivity index (χ4v) is 7.08. The summed E-state index contributed by atoms with van der Waals surface area (Å²) in [5, 5.41) is 20.9. The lowest BCUT2D eigenvalue weighted by Crippen LogP contribution is -2.53. The van der Waals surface area contributed by atoms with E-state index >= 15 is 0 Å². The molecule has 8 atom stereocenters. The van der Waals surface area contributed by atoms with E-state index in [1.165, 1.54) is 25.7 Å². The van der Waals surface area contributed by atoms with Gasteiger partial charge in [0.15, 0.2) is 0 Å². The normalized spacial score (nSPS) is 57.4. The largest absolute Gasteiger partial charge is 0.393 e. The van der Waals surface area contributed by atoms with Gasteiger partial charge in [-0.15, -0.1) is 6.42 Å². The third kappa shape index (κ3) is 1.88. The topological polar surface area (TPSA) is 40.5 Å². The highest BCUT2D eigenvalue weighted by atomic mass is 16.3. The SMILES string of the molecule is C#C[C@@]1(O)CC[C@H]2[C@@H]3CC[C@H]4C[C@H](O)CC[C@@H]4[C@H]3CC[C@@]21C. The van der Waals surface area contributed by atoms with Gasteiger partial charge in [-0.1, -0.05) is 12.8 Å². The molecule has 0 bridgehead atoms. The maximum absolute atomic E-state index is 10.9. The van der Waals surface area contributed by atoms with E-state index in [0.717, 1.165) is 55.8 Å². The number of terminal acetylenes is 1. The van der Waals surface area contributed by atoms with Crippen molar-refractivity contribution in [1.29, 1.82) is 0 Å². The molecule has 0 radical (unpaired) electrons. The molecule has 0 aromatic rings. The second-order valence-corrected chi connectivity index (χ2v) is 8.90. The molecule has 0 aromatic carbocycles. The monoisotopic (exact) mass is 302 g/mol. The number of aliphatic hydroxyl groups is 2. The zero-order valence-electron chi connectivity index (χ0n) is 13.8. The second-order valence-electron chi connectivity index (χ2n) is 8.90. The lowest BCUT2D eigenvalue weighted by Gasteiger charge is -2.56. The Hall–Kier alpha value is -0.520. The van der Waals surface area contributed by atoms with E-state index in [1.807, 2.05) is 0 Å². The van der Waals surface area contributed by atoms with Crippen LogP contribution in [-0.2, 0) is 0 Å². The van der Waals surface area contributed by atoms with Gasteiger partial charge in [-0.3, -0.25) is 0 Å². The maximum Gasteiger partial charge on any atom is 0.130 e. The summed E-state index contributed by atoms with van der Waals surface area (Å²) in [6.07, 6.45) is 15.7. The molecule has 4 aliphatic rings. The quantitative estimate of drug-likeness (QED) is 0.674. The van der Waals surface area contributed by atoms with Gasteiger partial charge in [-0.05, 0) is 87.4 Å². The minimum absolute atomic E-state index is 0.0512. The van der Waals surface area contributed by atoms with Crippen molar-refractivity contribution in [3.05, 3.63) is 0 Å². The van der Waals surface area contributed by atoms with Gasteiger partial charge < -0.3 is 10.2 Å². The molecule has 0 heterocycles. The first-order valence-corrected chi connectivity index (χ1v) is 9.37. The van der Waals surface area contributed by atoms with Crippen molar-refractivity contribution in [2.75, 3.05) is 0 Å². The average molecular weight is 302 g/mol. The summed E-state index contributed by atoms with van der Waals surface area (Å²) in [4.78, 5) is 0. The Morgan fingerprint density at radius 2 is 1.73 bits per heavy atom. The zero-order valence-corrected chi connectivity index (χ0v) is 13.8. The van der Waals surface area contributed by atoms with Crippen LogP contribution in [0.25, 0.3) is 0 Å². The molecule has 0 amide bonds. The van der Waals surface area contributed by atoms with Crippen LogP contribution < -0.4 is 0 Å². The Morgan fingerprint density at radius 3 is 2.50 bits per heavy atom. The summed E-state index contributed by atoms with van der Waals surface area (Å²) in [5.74, 6) is 6.53. The summed E-state index contributed by atoms with van der Waals surface area (Å²) in [6, 6.07) is 0. The summed E-state index contributed by atoms with van der Waals surface area (Å²) in [6.45, 7) is 2.26. The van der Waals surface area contributed by atoms with Crippen molar-refractivity contribution in [2.24, 2.45) is 35.0 Å². The Kier molecular flexibility index (Phi) is 3.41. The fourth-order valence-electron chi connectivity index (χ4n) is 7.08.